The van der Waals surface area contributed by atoms with Crippen LogP contribution >= 0.6 is 11.6 Å². The first-order valence-corrected chi connectivity index (χ1v) is 5.55. The summed E-state index contributed by atoms with van der Waals surface area (Å²) in [7, 11) is 0. The highest BCUT2D eigenvalue weighted by Crippen LogP contribution is 2.16. The summed E-state index contributed by atoms with van der Waals surface area (Å²) in [6.07, 6.45) is 1.44. The van der Waals surface area contributed by atoms with Crippen LogP contribution in [-0.4, -0.2) is 17.4 Å². The van der Waals surface area contributed by atoms with Gasteiger partial charge in [0.1, 0.15) is 0 Å². The summed E-state index contributed by atoms with van der Waals surface area (Å²) in [5.74, 6) is -0.314. The third-order valence-electron chi connectivity index (χ3n) is 2.23. The van der Waals surface area contributed by atoms with Gasteiger partial charge in [-0.05, 0) is 26.8 Å². The normalized spacial score (nSPS) is 10.8. The van der Waals surface area contributed by atoms with Crippen LogP contribution in [0.3, 0.4) is 0 Å². The van der Waals surface area contributed by atoms with Crippen molar-refractivity contribution in [3.63, 3.8) is 0 Å². The fraction of sp³-hybridized carbons (Fsp3) is 0.417. The van der Waals surface area contributed by atoms with E-state index in [0.717, 1.165) is 5.69 Å². The molecule has 0 aliphatic rings. The minimum atomic E-state index is -0.597. The lowest BCUT2D eigenvalue weighted by Crippen LogP contribution is -2.33. The van der Waals surface area contributed by atoms with Gasteiger partial charge in [-0.3, -0.25) is 9.78 Å². The number of rotatable bonds is 3. The van der Waals surface area contributed by atoms with Crippen LogP contribution in [0.4, 0.5) is 0 Å². The van der Waals surface area contributed by atoms with E-state index in [1.54, 1.807) is 26.8 Å². The number of carbonyl (C=O) groups is 1. The van der Waals surface area contributed by atoms with Gasteiger partial charge in [0.25, 0.3) is 5.91 Å². The lowest BCUT2D eigenvalue weighted by atomic mass is 9.96. The summed E-state index contributed by atoms with van der Waals surface area (Å²) >= 11 is 5.94. The fourth-order valence-corrected chi connectivity index (χ4v) is 1.42. The van der Waals surface area contributed by atoms with Crippen LogP contribution in [-0.2, 0) is 0 Å². The van der Waals surface area contributed by atoms with E-state index in [4.69, 9.17) is 16.9 Å². The maximum absolute atomic E-state index is 11.8. The molecule has 1 amide bonds. The molecule has 0 spiro atoms. The van der Waals surface area contributed by atoms with Crippen LogP contribution in [0.15, 0.2) is 12.3 Å². The maximum atomic E-state index is 11.8. The predicted molar refractivity (Wildman–Crippen MR) is 65.7 cm³/mol. The van der Waals surface area contributed by atoms with Crippen molar-refractivity contribution >= 4 is 17.5 Å². The summed E-state index contributed by atoms with van der Waals surface area (Å²) in [4.78, 5) is 15.8. The zero-order valence-electron chi connectivity index (χ0n) is 10.0. The molecule has 0 aliphatic heterocycles. The van der Waals surface area contributed by atoms with Crippen LogP contribution in [0, 0.1) is 23.7 Å². The fourth-order valence-electron chi connectivity index (χ4n) is 1.13. The summed E-state index contributed by atoms with van der Waals surface area (Å²) in [6.45, 7) is 5.57. The molecule has 17 heavy (non-hydrogen) atoms. The van der Waals surface area contributed by atoms with Crippen LogP contribution in [0.2, 0.25) is 5.02 Å². The molecule has 0 bridgehead atoms. The first kappa shape index (κ1) is 13.5. The summed E-state index contributed by atoms with van der Waals surface area (Å²) in [6, 6.07) is 3.74. The lowest BCUT2D eigenvalue weighted by molar-refractivity contribution is 0.0943. The number of aromatic nitrogens is 1. The van der Waals surface area contributed by atoms with Crippen LogP contribution in [0.25, 0.3) is 0 Å². The first-order chi connectivity index (χ1) is 7.85. The van der Waals surface area contributed by atoms with Gasteiger partial charge < -0.3 is 5.32 Å². The number of carbonyl (C=O) groups excluding carboxylic acids is 1. The Hall–Kier alpha value is -1.60. The maximum Gasteiger partial charge on any atom is 0.254 e. The monoisotopic (exact) mass is 251 g/mol. The van der Waals surface area contributed by atoms with E-state index < -0.39 is 5.41 Å². The number of nitriles is 1. The highest BCUT2D eigenvalue weighted by Gasteiger charge is 2.19. The van der Waals surface area contributed by atoms with Crippen molar-refractivity contribution in [3.8, 4) is 6.07 Å². The number of halogens is 1. The van der Waals surface area contributed by atoms with E-state index >= 15 is 0 Å². The minimum Gasteiger partial charge on any atom is -0.350 e. The number of nitrogens with zero attached hydrogens (tertiary/aromatic N) is 2. The number of pyridine rings is 1. The molecule has 0 radical (unpaired) electrons. The van der Waals surface area contributed by atoms with Crippen molar-refractivity contribution in [2.75, 3.05) is 6.54 Å². The Morgan fingerprint density at radius 3 is 2.82 bits per heavy atom. The third-order valence-corrected chi connectivity index (χ3v) is 2.54. The van der Waals surface area contributed by atoms with Gasteiger partial charge in [0.2, 0.25) is 0 Å². The van der Waals surface area contributed by atoms with Gasteiger partial charge >= 0.3 is 0 Å². The molecule has 90 valence electrons. The Bertz CT molecular complexity index is 477. The van der Waals surface area contributed by atoms with Crippen LogP contribution in [0.5, 0.6) is 0 Å². The van der Waals surface area contributed by atoms with Gasteiger partial charge in [-0.15, -0.1) is 0 Å². The van der Waals surface area contributed by atoms with E-state index in [2.05, 4.69) is 16.4 Å². The molecule has 1 heterocycles. The lowest BCUT2D eigenvalue weighted by Gasteiger charge is -2.16. The molecule has 1 rings (SSSR count). The third kappa shape index (κ3) is 3.72. The standard InChI is InChI=1S/C12H14ClN3O/c1-8-4-10(13)9(5-15-8)11(17)16-7-12(2,3)6-14/h4-5H,7H2,1-3H3,(H,16,17). The van der Waals surface area contributed by atoms with Crippen molar-refractivity contribution in [2.24, 2.45) is 5.41 Å². The molecule has 0 unspecified atom stereocenters. The number of aryl methyl sites for hydroxylation is 1. The Morgan fingerprint density at radius 2 is 2.29 bits per heavy atom. The summed E-state index contributed by atoms with van der Waals surface area (Å²) in [5.41, 5.74) is 0.482. The Kier molecular flexibility index (Phi) is 4.08. The molecule has 0 saturated carbocycles. The van der Waals surface area contributed by atoms with Gasteiger partial charge in [-0.1, -0.05) is 11.6 Å². The number of hydrogen-bond acceptors (Lipinski definition) is 3. The van der Waals surface area contributed by atoms with Gasteiger partial charge in [0.15, 0.2) is 0 Å². The van der Waals surface area contributed by atoms with Gasteiger partial charge in [0, 0.05) is 18.4 Å². The molecule has 1 N–H and O–H groups in total. The molecule has 0 aromatic carbocycles. The highest BCUT2D eigenvalue weighted by molar-refractivity contribution is 6.33. The van der Waals surface area contributed by atoms with Crippen molar-refractivity contribution in [2.45, 2.75) is 20.8 Å². The topological polar surface area (TPSA) is 65.8 Å². The van der Waals surface area contributed by atoms with Gasteiger partial charge in [0.05, 0.1) is 22.1 Å². The quantitative estimate of drug-likeness (QED) is 0.897. The predicted octanol–water partition coefficient (Wildman–Crippen LogP) is 2.32. The zero-order chi connectivity index (χ0) is 13.1. The van der Waals surface area contributed by atoms with E-state index in [1.807, 2.05) is 0 Å². The van der Waals surface area contributed by atoms with E-state index in [9.17, 15) is 4.79 Å². The average molecular weight is 252 g/mol. The zero-order valence-corrected chi connectivity index (χ0v) is 10.8. The second-order valence-corrected chi connectivity index (χ2v) is 4.89. The molecular weight excluding hydrogens is 238 g/mol. The first-order valence-electron chi connectivity index (χ1n) is 5.17. The highest BCUT2D eigenvalue weighted by atomic mass is 35.5. The minimum absolute atomic E-state index is 0.270. The van der Waals surface area contributed by atoms with E-state index in [0.29, 0.717) is 10.6 Å². The molecule has 0 fully saturated rings. The van der Waals surface area contributed by atoms with Crippen molar-refractivity contribution in [3.05, 3.63) is 28.5 Å². The molecule has 5 heteroatoms. The molecule has 0 atom stereocenters. The SMILES string of the molecule is Cc1cc(Cl)c(C(=O)NCC(C)(C)C#N)cn1. The second kappa shape index (κ2) is 5.15. The smallest absolute Gasteiger partial charge is 0.254 e. The largest absolute Gasteiger partial charge is 0.350 e. The summed E-state index contributed by atoms with van der Waals surface area (Å²) < 4.78 is 0. The van der Waals surface area contributed by atoms with Gasteiger partial charge in [-0.25, -0.2) is 0 Å². The Morgan fingerprint density at radius 1 is 1.65 bits per heavy atom. The van der Waals surface area contributed by atoms with Crippen molar-refractivity contribution < 1.29 is 4.79 Å². The Labute approximate surface area is 106 Å². The average Bonchev–Trinajstić information content (AvgIpc) is 2.26. The number of amides is 1. The molecule has 0 saturated heterocycles. The van der Waals surface area contributed by atoms with Crippen molar-refractivity contribution in [1.29, 1.82) is 5.26 Å². The molecule has 0 aliphatic carbocycles. The summed E-state index contributed by atoms with van der Waals surface area (Å²) in [5, 5.41) is 11.9. The Balaban J connectivity index is 2.75. The number of hydrogen-bond donors (Lipinski definition) is 1. The molecular formula is C12H14ClN3O. The molecule has 1 aromatic rings. The molecule has 1 aromatic heterocycles. The second-order valence-electron chi connectivity index (χ2n) is 4.48. The van der Waals surface area contributed by atoms with Crippen LogP contribution in [0.1, 0.15) is 29.9 Å². The van der Waals surface area contributed by atoms with Gasteiger partial charge in [-0.2, -0.15) is 5.26 Å². The van der Waals surface area contributed by atoms with E-state index in [-0.39, 0.29) is 12.5 Å². The van der Waals surface area contributed by atoms with Crippen molar-refractivity contribution in [1.82, 2.24) is 10.3 Å². The van der Waals surface area contributed by atoms with E-state index in [1.165, 1.54) is 6.20 Å². The molecule has 4 nitrogen and oxygen atoms in total. The van der Waals surface area contributed by atoms with Crippen LogP contribution < -0.4 is 5.32 Å². The number of nitrogens with one attached hydrogen (secondary N) is 1.